The van der Waals surface area contributed by atoms with Crippen LogP contribution in [0.15, 0.2) is 43.0 Å². The van der Waals surface area contributed by atoms with E-state index in [0.29, 0.717) is 12.8 Å². The molecule has 8 nitrogen and oxygen atoms in total. The van der Waals surface area contributed by atoms with E-state index in [0.717, 1.165) is 68.6 Å². The summed E-state index contributed by atoms with van der Waals surface area (Å²) in [5, 5.41) is 6.59. The number of carbonyl (C=O) groups excluding carboxylic acids is 1. The molecule has 0 aliphatic carbocycles. The molecule has 0 fully saturated rings. The largest absolute Gasteiger partial charge is 0.339 e. The van der Waals surface area contributed by atoms with Crippen molar-refractivity contribution >= 4 is 28.2 Å². The molecule has 5 heterocycles. The lowest BCUT2D eigenvalue weighted by Gasteiger charge is -2.24. The van der Waals surface area contributed by atoms with Crippen molar-refractivity contribution < 1.29 is 4.79 Å². The van der Waals surface area contributed by atoms with Gasteiger partial charge in [0, 0.05) is 47.6 Å². The summed E-state index contributed by atoms with van der Waals surface area (Å²) in [5.41, 5.74) is 8.35. The summed E-state index contributed by atoms with van der Waals surface area (Å²) in [6.45, 7) is 11.2. The van der Waals surface area contributed by atoms with Crippen LogP contribution in [0.1, 0.15) is 58.7 Å². The first-order chi connectivity index (χ1) is 18.7. The Kier molecular flexibility index (Phi) is 6.43. The van der Waals surface area contributed by atoms with Crippen molar-refractivity contribution in [2.45, 2.75) is 59.0 Å². The second kappa shape index (κ2) is 9.81. The number of likely N-dealkylation sites (N-methyl/N-ethyl adjacent to an activating group) is 1. The Morgan fingerprint density at radius 2 is 1.95 bits per heavy atom. The Morgan fingerprint density at radius 3 is 2.72 bits per heavy atom. The molecule has 0 unspecified atom stereocenters. The van der Waals surface area contributed by atoms with Gasteiger partial charge in [0.05, 0.1) is 39.7 Å². The van der Waals surface area contributed by atoms with E-state index in [9.17, 15) is 4.79 Å². The highest BCUT2D eigenvalue weighted by Crippen LogP contribution is 2.33. The Balaban J connectivity index is 1.23. The number of nitrogens with one attached hydrogen (secondary N) is 1. The third kappa shape index (κ3) is 4.92. The number of ketones is 1. The third-order valence-corrected chi connectivity index (χ3v) is 8.90. The Bertz CT molecular complexity index is 1690. The molecule has 0 bridgehead atoms. The van der Waals surface area contributed by atoms with E-state index in [1.807, 2.05) is 6.20 Å². The average Bonchev–Trinajstić information content (AvgIpc) is 3.65. The molecule has 9 heteroatoms. The zero-order chi connectivity index (χ0) is 27.3. The number of rotatable bonds is 6. The lowest BCUT2D eigenvalue weighted by Crippen LogP contribution is -2.30. The highest BCUT2D eigenvalue weighted by Gasteiger charge is 2.22. The topological polar surface area (TPSA) is 92.6 Å². The number of hydrogen-bond donors (Lipinski definition) is 1. The van der Waals surface area contributed by atoms with E-state index in [1.54, 1.807) is 12.5 Å². The van der Waals surface area contributed by atoms with E-state index < -0.39 is 0 Å². The molecule has 39 heavy (non-hydrogen) atoms. The van der Waals surface area contributed by atoms with Crippen molar-refractivity contribution in [2.75, 3.05) is 13.6 Å². The first-order valence-corrected chi connectivity index (χ1v) is 14.2. The highest BCUT2D eigenvalue weighted by atomic mass is 32.1. The SMILES string of the molecule is Cc1cc(-c2ncnc3[nH]c(-c4cnn5c4CN(C)CC5)cc23)ccc1CCC(=O)c1cnc(C(C)(C)C)s1. The van der Waals surface area contributed by atoms with Gasteiger partial charge >= 0.3 is 0 Å². The molecule has 0 atom stereocenters. The van der Waals surface area contributed by atoms with Gasteiger partial charge in [-0.25, -0.2) is 15.0 Å². The molecule has 0 amide bonds. The van der Waals surface area contributed by atoms with Gasteiger partial charge in [-0.3, -0.25) is 14.4 Å². The minimum absolute atomic E-state index is 0.0442. The minimum Gasteiger partial charge on any atom is -0.339 e. The van der Waals surface area contributed by atoms with Crippen LogP contribution in [0.3, 0.4) is 0 Å². The second-order valence-corrected chi connectivity index (χ2v) is 12.5. The van der Waals surface area contributed by atoms with Crippen molar-refractivity contribution in [1.82, 2.24) is 34.6 Å². The molecule has 1 N–H and O–H groups in total. The van der Waals surface area contributed by atoms with Gasteiger partial charge < -0.3 is 4.98 Å². The Morgan fingerprint density at radius 1 is 1.10 bits per heavy atom. The molecule has 0 radical (unpaired) electrons. The van der Waals surface area contributed by atoms with Gasteiger partial charge in [0.2, 0.25) is 0 Å². The number of carbonyl (C=O) groups is 1. The summed E-state index contributed by atoms with van der Waals surface area (Å²) in [4.78, 5) is 33.0. The zero-order valence-electron chi connectivity index (χ0n) is 23.1. The van der Waals surface area contributed by atoms with E-state index in [2.05, 4.69) is 93.6 Å². The normalized spacial score (nSPS) is 14.2. The molecule has 6 rings (SSSR count). The van der Waals surface area contributed by atoms with Crippen LogP contribution in [0.25, 0.3) is 33.5 Å². The van der Waals surface area contributed by atoms with Crippen LogP contribution in [0, 0.1) is 6.92 Å². The number of nitrogens with zero attached hydrogens (tertiary/aromatic N) is 6. The average molecular weight is 540 g/mol. The van der Waals surface area contributed by atoms with Crippen LogP contribution in [-0.4, -0.2) is 54.0 Å². The van der Waals surface area contributed by atoms with Crippen molar-refractivity contribution in [2.24, 2.45) is 0 Å². The molecule has 0 saturated carbocycles. The van der Waals surface area contributed by atoms with Crippen LogP contribution in [0.2, 0.25) is 0 Å². The summed E-state index contributed by atoms with van der Waals surface area (Å²) in [7, 11) is 2.14. The zero-order valence-corrected chi connectivity index (χ0v) is 23.9. The Hall–Kier alpha value is -3.69. The van der Waals surface area contributed by atoms with Crippen LogP contribution in [-0.2, 0) is 24.9 Å². The first kappa shape index (κ1) is 25.6. The molecular weight excluding hydrogens is 506 g/mol. The number of Topliss-reactive ketones (excluding diaryl/α,β-unsaturated/α-hetero) is 1. The fourth-order valence-corrected chi connectivity index (χ4v) is 6.10. The molecule has 1 aliphatic rings. The summed E-state index contributed by atoms with van der Waals surface area (Å²) in [6, 6.07) is 8.52. The van der Waals surface area contributed by atoms with Gasteiger partial charge in [-0.1, -0.05) is 32.9 Å². The maximum atomic E-state index is 12.9. The van der Waals surface area contributed by atoms with Crippen molar-refractivity contribution in [3.63, 3.8) is 0 Å². The van der Waals surface area contributed by atoms with Gasteiger partial charge in [0.15, 0.2) is 5.78 Å². The standard InChI is InChI=1S/C30H33N7OS/c1-18-12-20(7-6-19(18)8-9-25(38)26-15-31-29(39-26)30(2,3)4)27-21-13-23(35-28(21)33-17-32-27)22-14-34-37-11-10-36(5)16-24(22)37/h6-7,12-15,17H,8-11,16H2,1-5H3,(H,32,33,35). The maximum Gasteiger partial charge on any atom is 0.174 e. The Labute approximate surface area is 232 Å². The van der Waals surface area contributed by atoms with Crippen LogP contribution >= 0.6 is 11.3 Å². The smallest absolute Gasteiger partial charge is 0.174 e. The number of aromatic nitrogens is 6. The lowest BCUT2D eigenvalue weighted by atomic mass is 9.98. The predicted octanol–water partition coefficient (Wildman–Crippen LogP) is 5.81. The summed E-state index contributed by atoms with van der Waals surface area (Å²) in [6.07, 6.45) is 6.45. The number of H-pyrrole nitrogens is 1. The predicted molar refractivity (Wildman–Crippen MR) is 155 cm³/mol. The van der Waals surface area contributed by atoms with Gasteiger partial charge in [0.25, 0.3) is 0 Å². The molecule has 0 spiro atoms. The maximum absolute atomic E-state index is 12.9. The summed E-state index contributed by atoms with van der Waals surface area (Å²) >= 11 is 1.51. The fourth-order valence-electron chi connectivity index (χ4n) is 5.16. The van der Waals surface area contributed by atoms with Crippen LogP contribution in [0.5, 0.6) is 0 Å². The first-order valence-electron chi connectivity index (χ1n) is 13.3. The molecule has 200 valence electrons. The number of fused-ring (bicyclic) bond motifs is 2. The van der Waals surface area contributed by atoms with E-state index in [4.69, 9.17) is 0 Å². The van der Waals surface area contributed by atoms with E-state index in [1.165, 1.54) is 22.6 Å². The van der Waals surface area contributed by atoms with Crippen molar-refractivity contribution in [3.05, 3.63) is 69.7 Å². The number of benzene rings is 1. The number of thiazole rings is 1. The number of aryl methyl sites for hydroxylation is 2. The molecule has 1 aromatic carbocycles. The summed E-state index contributed by atoms with van der Waals surface area (Å²) < 4.78 is 2.10. The van der Waals surface area contributed by atoms with Gasteiger partial charge in [-0.2, -0.15) is 5.10 Å². The molecular formula is C30H33N7OS. The lowest BCUT2D eigenvalue weighted by molar-refractivity contribution is 0.0986. The molecule has 5 aromatic rings. The van der Waals surface area contributed by atoms with Crippen LogP contribution in [0.4, 0.5) is 0 Å². The quantitative estimate of drug-likeness (QED) is 0.274. The number of aromatic amines is 1. The number of hydrogen-bond acceptors (Lipinski definition) is 7. The molecule has 1 aliphatic heterocycles. The molecule has 0 saturated heterocycles. The fraction of sp³-hybridized carbons (Fsp3) is 0.367. The van der Waals surface area contributed by atoms with E-state index in [-0.39, 0.29) is 11.2 Å². The van der Waals surface area contributed by atoms with Gasteiger partial charge in [0.1, 0.15) is 12.0 Å². The summed E-state index contributed by atoms with van der Waals surface area (Å²) in [5.74, 6) is 0.150. The minimum atomic E-state index is -0.0442. The van der Waals surface area contributed by atoms with Crippen LogP contribution < -0.4 is 0 Å². The van der Waals surface area contributed by atoms with E-state index >= 15 is 0 Å². The second-order valence-electron chi connectivity index (χ2n) is 11.5. The van der Waals surface area contributed by atoms with Crippen molar-refractivity contribution in [1.29, 1.82) is 0 Å². The highest BCUT2D eigenvalue weighted by molar-refractivity contribution is 7.13. The van der Waals surface area contributed by atoms with Gasteiger partial charge in [-0.15, -0.1) is 11.3 Å². The molecule has 4 aromatic heterocycles. The third-order valence-electron chi connectivity index (χ3n) is 7.44. The van der Waals surface area contributed by atoms with Crippen molar-refractivity contribution in [3.8, 4) is 22.5 Å². The van der Waals surface area contributed by atoms with Gasteiger partial charge in [-0.05, 0) is 43.7 Å². The monoisotopic (exact) mass is 539 g/mol.